The smallest absolute Gasteiger partial charge is 0.0897 e. The summed E-state index contributed by atoms with van der Waals surface area (Å²) in [6, 6.07) is 0. The molecule has 0 spiro atoms. The van der Waals surface area contributed by atoms with Crippen LogP contribution < -0.4 is 0 Å². The van der Waals surface area contributed by atoms with Gasteiger partial charge >= 0.3 is 0 Å². The van der Waals surface area contributed by atoms with Crippen molar-refractivity contribution >= 4 is 22.9 Å². The van der Waals surface area contributed by atoms with Crippen LogP contribution in [0.1, 0.15) is 30.5 Å². The van der Waals surface area contributed by atoms with E-state index in [1.807, 2.05) is 0 Å². The number of rotatable bonds is 3. The van der Waals surface area contributed by atoms with Crippen LogP contribution in [0.5, 0.6) is 0 Å². The summed E-state index contributed by atoms with van der Waals surface area (Å²) in [4.78, 5) is 4.51. The Labute approximate surface area is 94.5 Å². The Hall–Kier alpha value is -0.0800. The maximum Gasteiger partial charge on any atom is 0.0897 e. The van der Waals surface area contributed by atoms with Gasteiger partial charge in [0.15, 0.2) is 0 Å². The van der Waals surface area contributed by atoms with E-state index < -0.39 is 0 Å². The fraction of sp³-hybridized carbons (Fsp3) is 0.727. The third-order valence-corrected chi connectivity index (χ3v) is 4.46. The van der Waals surface area contributed by atoms with Gasteiger partial charge in [-0.25, -0.2) is 4.98 Å². The highest BCUT2D eigenvalue weighted by molar-refractivity contribution is 7.09. The summed E-state index contributed by atoms with van der Waals surface area (Å²) in [5.74, 6) is 1.64. The minimum absolute atomic E-state index is 0.363. The molecular weight excluding hydrogens is 214 g/mol. The summed E-state index contributed by atoms with van der Waals surface area (Å²) in [6.07, 6.45) is 3.62. The fourth-order valence-electron chi connectivity index (χ4n) is 2.59. The molecule has 2 rings (SSSR count). The van der Waals surface area contributed by atoms with Crippen molar-refractivity contribution in [2.75, 3.05) is 5.88 Å². The summed E-state index contributed by atoms with van der Waals surface area (Å²) in [7, 11) is 0. The van der Waals surface area contributed by atoms with Gasteiger partial charge in [0.1, 0.15) is 0 Å². The molecule has 3 heteroatoms. The average molecular weight is 230 g/mol. The van der Waals surface area contributed by atoms with Crippen molar-refractivity contribution in [1.82, 2.24) is 4.98 Å². The van der Waals surface area contributed by atoms with Gasteiger partial charge in [0, 0.05) is 11.3 Å². The third-order valence-electron chi connectivity index (χ3n) is 3.07. The van der Waals surface area contributed by atoms with Crippen molar-refractivity contribution in [1.29, 1.82) is 0 Å². The van der Waals surface area contributed by atoms with Crippen LogP contribution in [-0.4, -0.2) is 10.9 Å². The highest BCUT2D eigenvalue weighted by Gasteiger charge is 2.41. The van der Waals surface area contributed by atoms with E-state index in [1.54, 1.807) is 11.3 Å². The van der Waals surface area contributed by atoms with Crippen LogP contribution in [0.15, 0.2) is 5.38 Å². The van der Waals surface area contributed by atoms with Gasteiger partial charge in [0.05, 0.1) is 10.7 Å². The number of aromatic nitrogens is 1. The molecule has 1 saturated carbocycles. The first-order valence-corrected chi connectivity index (χ1v) is 6.52. The van der Waals surface area contributed by atoms with E-state index in [0.29, 0.717) is 5.41 Å². The number of nitrogens with zero attached hydrogens (tertiary/aromatic N) is 1. The Kier molecular flexibility index (Phi) is 2.85. The van der Waals surface area contributed by atoms with Gasteiger partial charge in [-0.2, -0.15) is 0 Å². The highest BCUT2D eigenvalue weighted by Crippen LogP contribution is 2.48. The standard InChI is InChI=1S/C11H16ClNS/c1-8-3-11(4-8,7-12)5-10-6-14-9(2)13-10/h6,8H,3-5,7H2,1-2H3. The maximum absolute atomic E-state index is 6.06. The Balaban J connectivity index is 2.02. The summed E-state index contributed by atoms with van der Waals surface area (Å²) in [5.41, 5.74) is 1.60. The van der Waals surface area contributed by atoms with Crippen LogP contribution in [0.25, 0.3) is 0 Å². The molecule has 0 aliphatic heterocycles. The molecule has 1 aromatic heterocycles. The lowest BCUT2D eigenvalue weighted by atomic mass is 9.62. The number of alkyl halides is 1. The number of thiazole rings is 1. The second kappa shape index (κ2) is 3.82. The predicted octanol–water partition coefficient (Wildman–Crippen LogP) is 3.65. The van der Waals surface area contributed by atoms with Crippen LogP contribution in [0.3, 0.4) is 0 Å². The number of aryl methyl sites for hydroxylation is 1. The molecule has 0 amide bonds. The Morgan fingerprint density at radius 3 is 2.79 bits per heavy atom. The van der Waals surface area contributed by atoms with Crippen LogP contribution in [0, 0.1) is 18.3 Å². The van der Waals surface area contributed by atoms with Crippen LogP contribution in [-0.2, 0) is 6.42 Å². The normalized spacial score (nSPS) is 31.5. The first kappa shape index (κ1) is 10.4. The number of hydrogen-bond acceptors (Lipinski definition) is 2. The highest BCUT2D eigenvalue weighted by atomic mass is 35.5. The lowest BCUT2D eigenvalue weighted by Gasteiger charge is -2.45. The van der Waals surface area contributed by atoms with Crippen molar-refractivity contribution in [2.24, 2.45) is 11.3 Å². The van der Waals surface area contributed by atoms with Crippen molar-refractivity contribution in [3.63, 3.8) is 0 Å². The minimum Gasteiger partial charge on any atom is -0.247 e. The topological polar surface area (TPSA) is 12.9 Å². The molecule has 1 aliphatic rings. The van der Waals surface area contributed by atoms with E-state index >= 15 is 0 Å². The second-order valence-electron chi connectivity index (χ2n) is 4.68. The third kappa shape index (κ3) is 1.96. The molecule has 0 saturated heterocycles. The van der Waals surface area contributed by atoms with E-state index in [2.05, 4.69) is 24.2 Å². The van der Waals surface area contributed by atoms with Crippen LogP contribution >= 0.6 is 22.9 Å². The lowest BCUT2D eigenvalue weighted by Crippen LogP contribution is -2.39. The van der Waals surface area contributed by atoms with Gasteiger partial charge in [-0.3, -0.25) is 0 Å². The minimum atomic E-state index is 0.363. The molecule has 1 fully saturated rings. The maximum atomic E-state index is 6.06. The molecule has 1 aromatic rings. The van der Waals surface area contributed by atoms with Gasteiger partial charge in [-0.15, -0.1) is 22.9 Å². The van der Waals surface area contributed by atoms with Crippen LogP contribution in [0.2, 0.25) is 0 Å². The summed E-state index contributed by atoms with van der Waals surface area (Å²) in [5, 5.41) is 3.34. The number of halogens is 1. The van der Waals surface area contributed by atoms with E-state index in [4.69, 9.17) is 11.6 Å². The summed E-state index contributed by atoms with van der Waals surface area (Å²) >= 11 is 7.79. The van der Waals surface area contributed by atoms with Gasteiger partial charge in [0.2, 0.25) is 0 Å². The van der Waals surface area contributed by atoms with E-state index in [0.717, 1.165) is 23.2 Å². The molecule has 1 nitrogen and oxygen atoms in total. The van der Waals surface area contributed by atoms with Crippen molar-refractivity contribution in [3.8, 4) is 0 Å². The van der Waals surface area contributed by atoms with Gasteiger partial charge < -0.3 is 0 Å². The van der Waals surface area contributed by atoms with Gasteiger partial charge in [-0.05, 0) is 37.5 Å². The quantitative estimate of drug-likeness (QED) is 0.722. The monoisotopic (exact) mass is 229 g/mol. The SMILES string of the molecule is Cc1nc(CC2(CCl)CC(C)C2)cs1. The molecule has 1 heterocycles. The van der Waals surface area contributed by atoms with Gasteiger partial charge in [-0.1, -0.05) is 6.92 Å². The van der Waals surface area contributed by atoms with E-state index in [-0.39, 0.29) is 0 Å². The van der Waals surface area contributed by atoms with Crippen molar-refractivity contribution < 1.29 is 0 Å². The lowest BCUT2D eigenvalue weighted by molar-refractivity contribution is 0.0915. The zero-order chi connectivity index (χ0) is 10.2. The van der Waals surface area contributed by atoms with Crippen molar-refractivity contribution in [2.45, 2.75) is 33.1 Å². The molecule has 1 aliphatic carbocycles. The summed E-state index contributed by atoms with van der Waals surface area (Å²) in [6.45, 7) is 4.36. The Morgan fingerprint density at radius 2 is 2.36 bits per heavy atom. The first-order chi connectivity index (χ1) is 6.63. The first-order valence-electron chi connectivity index (χ1n) is 5.10. The zero-order valence-electron chi connectivity index (χ0n) is 8.72. The molecule has 78 valence electrons. The average Bonchev–Trinajstić information content (AvgIpc) is 2.48. The Bertz CT molecular complexity index is 315. The Morgan fingerprint density at radius 1 is 1.64 bits per heavy atom. The largest absolute Gasteiger partial charge is 0.247 e. The van der Waals surface area contributed by atoms with Gasteiger partial charge in [0.25, 0.3) is 0 Å². The zero-order valence-corrected chi connectivity index (χ0v) is 10.3. The summed E-state index contributed by atoms with van der Waals surface area (Å²) < 4.78 is 0. The van der Waals surface area contributed by atoms with E-state index in [1.165, 1.54) is 18.5 Å². The molecule has 0 aromatic carbocycles. The van der Waals surface area contributed by atoms with E-state index in [9.17, 15) is 0 Å². The predicted molar refractivity (Wildman–Crippen MR) is 62.1 cm³/mol. The molecule has 0 radical (unpaired) electrons. The van der Waals surface area contributed by atoms with Crippen LogP contribution in [0.4, 0.5) is 0 Å². The van der Waals surface area contributed by atoms with Crippen molar-refractivity contribution in [3.05, 3.63) is 16.1 Å². The molecule has 14 heavy (non-hydrogen) atoms. The molecule has 0 bridgehead atoms. The molecular formula is C11H16ClNS. The fourth-order valence-corrected chi connectivity index (χ4v) is 3.52. The molecule has 0 unspecified atom stereocenters. The molecule has 0 N–H and O–H groups in total. The second-order valence-corrected chi connectivity index (χ2v) is 6.01. The molecule has 0 atom stereocenters. The number of hydrogen-bond donors (Lipinski definition) is 0.